The molecule has 5 unspecified atom stereocenters. The molecule has 1 heterocycles. The van der Waals surface area contributed by atoms with Crippen LogP contribution in [-0.4, -0.2) is 72.4 Å². The number of Topliss-reactive ketones (excluding diaryl/α,β-unsaturated/α-hetero) is 1. The number of alkyl halides is 10. The number of ether oxygens (including phenoxy) is 1. The second-order valence-electron chi connectivity index (χ2n) is 9.87. The minimum atomic E-state index is -2.38. The fourth-order valence-corrected chi connectivity index (χ4v) is 16.7. The highest BCUT2D eigenvalue weighted by Crippen LogP contribution is 3.12. The number of esters is 1. The number of hydrogen-bond acceptors (Lipinski definition) is 4. The first-order valence-corrected chi connectivity index (χ1v) is 14.4. The second-order valence-corrected chi connectivity index (χ2v) is 15.7. The van der Waals surface area contributed by atoms with Crippen LogP contribution < -0.4 is 4.57 Å². The first-order chi connectivity index (χ1) is 16.3. The van der Waals surface area contributed by atoms with Gasteiger partial charge in [0, 0.05) is 24.1 Å². The zero-order chi connectivity index (χ0) is 27.0. The van der Waals surface area contributed by atoms with Crippen LogP contribution in [0.4, 0.5) is 0 Å². The lowest BCUT2D eigenvalue weighted by molar-refractivity contribution is -0.686. The highest BCUT2D eigenvalue weighted by atomic mass is 35.5. The van der Waals surface area contributed by atoms with Crippen molar-refractivity contribution in [3.8, 4) is 0 Å². The Morgan fingerprint density at radius 3 is 1.58 bits per heavy atom. The molecule has 196 valence electrons. The minimum absolute atomic E-state index is 0.0525. The van der Waals surface area contributed by atoms with Gasteiger partial charge in [0.1, 0.15) is 44.6 Å². The molecule has 15 heteroatoms. The average Bonchev–Trinajstić information content (AvgIpc) is 3.02. The maximum Gasteiger partial charge on any atom is 0.372 e. The number of pyridine rings is 1. The quantitative estimate of drug-likeness (QED) is 0.199. The van der Waals surface area contributed by atoms with Crippen molar-refractivity contribution in [1.82, 2.24) is 0 Å². The molecule has 6 aliphatic carbocycles. The summed E-state index contributed by atoms with van der Waals surface area (Å²) in [7, 11) is 0. The van der Waals surface area contributed by atoms with Crippen LogP contribution in [0.25, 0.3) is 0 Å². The Hall–Kier alpha value is 1.15. The van der Waals surface area contributed by atoms with Crippen molar-refractivity contribution in [2.75, 3.05) is 6.61 Å². The standard InChI is InChI=1S/C21H14Cl10NO4/c1-2-36-11(34)8-32-5-3-9(4-6-32)10(33)7-12(35)13(22)15(24)17(26)14(12,23)18(27)16(13,25)19(15,28)21(30,31)20(17,18)29/h3-6,35H,2,7-8H2,1H3/q+1/t12?,13?,14?,15-,16-,17-,18+,19?,20?/m0/s1. The van der Waals surface area contributed by atoms with Crippen LogP contribution in [0.3, 0.4) is 0 Å². The van der Waals surface area contributed by atoms with Crippen molar-refractivity contribution in [2.45, 2.75) is 68.8 Å². The number of carbonyl (C=O) groups is 2. The number of nitrogens with zero attached hydrogens (tertiary/aromatic N) is 1. The Bertz CT molecular complexity index is 1200. The molecule has 0 aromatic carbocycles. The average molecular weight is 699 g/mol. The molecule has 0 spiro atoms. The summed E-state index contributed by atoms with van der Waals surface area (Å²) in [6.45, 7) is 1.88. The van der Waals surface area contributed by atoms with Gasteiger partial charge < -0.3 is 9.84 Å². The molecule has 1 N–H and O–H groups in total. The molecular formula is C21H14Cl10NO4+. The monoisotopic (exact) mass is 694 g/mol. The van der Waals surface area contributed by atoms with E-state index in [2.05, 4.69) is 0 Å². The molecule has 0 saturated heterocycles. The Kier molecular flexibility index (Phi) is 5.15. The minimum Gasteiger partial charge on any atom is -0.461 e. The van der Waals surface area contributed by atoms with E-state index < -0.39 is 67.1 Å². The van der Waals surface area contributed by atoms with Crippen molar-refractivity contribution >= 4 is 128 Å². The predicted molar refractivity (Wildman–Crippen MR) is 140 cm³/mol. The number of carbonyl (C=O) groups excluding carboxylic acids is 2. The van der Waals surface area contributed by atoms with Crippen LogP contribution in [0, 0.1) is 0 Å². The van der Waals surface area contributed by atoms with E-state index >= 15 is 0 Å². The fourth-order valence-electron chi connectivity index (χ4n) is 7.83. The van der Waals surface area contributed by atoms with E-state index in [1.165, 1.54) is 29.1 Å². The first kappa shape index (κ1) is 27.3. The lowest BCUT2D eigenvalue weighted by Gasteiger charge is -2.81. The zero-order valence-electron chi connectivity index (χ0n) is 17.8. The number of hydrogen-bond donors (Lipinski definition) is 1. The molecule has 7 rings (SSSR count). The van der Waals surface area contributed by atoms with Gasteiger partial charge >= 0.3 is 5.97 Å². The van der Waals surface area contributed by atoms with E-state index in [4.69, 9.17) is 121 Å². The molecule has 9 atom stereocenters. The number of rotatable bonds is 6. The van der Waals surface area contributed by atoms with Crippen LogP contribution in [0.1, 0.15) is 23.7 Å². The van der Waals surface area contributed by atoms with Crippen molar-refractivity contribution < 1.29 is 24.0 Å². The largest absolute Gasteiger partial charge is 0.461 e. The van der Waals surface area contributed by atoms with Gasteiger partial charge in [-0.1, -0.05) is 23.2 Å². The van der Waals surface area contributed by atoms with E-state index in [0.717, 1.165) is 0 Å². The summed E-state index contributed by atoms with van der Waals surface area (Å²) in [6.07, 6.45) is 2.33. The van der Waals surface area contributed by atoms with E-state index in [0.29, 0.717) is 0 Å². The molecule has 0 radical (unpaired) electrons. The molecule has 5 nitrogen and oxygen atoms in total. The first-order valence-electron chi connectivity index (χ1n) is 10.6. The molecule has 6 fully saturated rings. The summed E-state index contributed by atoms with van der Waals surface area (Å²) in [6, 6.07) is 2.91. The smallest absolute Gasteiger partial charge is 0.372 e. The fraction of sp³-hybridized carbons (Fsp3) is 0.667. The van der Waals surface area contributed by atoms with Crippen LogP contribution in [-0.2, 0) is 16.1 Å². The molecule has 4 bridgehead atoms. The van der Waals surface area contributed by atoms with Crippen LogP contribution in [0.15, 0.2) is 24.5 Å². The van der Waals surface area contributed by atoms with Gasteiger partial charge in [0.2, 0.25) is 6.54 Å². The SMILES string of the molecule is CCOC(=O)C[n+]1ccc(C(=O)CC2(O)C3(Cl)[C@]4(Cl)C5(Cl)C(Cl)(Cl)C6(Cl)[C@]4(Cl)C2(Cl)[C@]6(Cl)[C@]53Cl)cc1. The highest BCUT2D eigenvalue weighted by molar-refractivity contribution is 6.78. The second kappa shape index (κ2) is 6.78. The van der Waals surface area contributed by atoms with Gasteiger partial charge in [-0.2, -0.15) is 4.57 Å². The Labute approximate surface area is 255 Å². The molecule has 0 aliphatic heterocycles. The van der Waals surface area contributed by atoms with Crippen molar-refractivity contribution in [2.24, 2.45) is 0 Å². The van der Waals surface area contributed by atoms with Gasteiger partial charge in [-0.25, -0.2) is 4.79 Å². The van der Waals surface area contributed by atoms with E-state index in [1.807, 2.05) is 0 Å². The van der Waals surface area contributed by atoms with Gasteiger partial charge in [-0.05, 0) is 6.92 Å². The van der Waals surface area contributed by atoms with Crippen molar-refractivity contribution in [3.05, 3.63) is 30.1 Å². The maximum atomic E-state index is 13.4. The lowest BCUT2D eigenvalue weighted by Crippen LogP contribution is -3.03. The summed E-state index contributed by atoms with van der Waals surface area (Å²) in [5, 5.41) is 12.2. The van der Waals surface area contributed by atoms with Gasteiger partial charge in [-0.3, -0.25) is 4.79 Å². The van der Waals surface area contributed by atoms with E-state index in [1.54, 1.807) is 6.92 Å². The normalized spacial score (nSPS) is 55.9. The summed E-state index contributed by atoms with van der Waals surface area (Å²) in [4.78, 5) is 8.57. The Morgan fingerprint density at radius 2 is 1.19 bits per heavy atom. The number of ketones is 1. The third-order valence-corrected chi connectivity index (χ3v) is 18.3. The van der Waals surface area contributed by atoms with Gasteiger partial charge in [-0.15, -0.1) is 92.8 Å². The summed E-state index contributed by atoms with van der Waals surface area (Å²) >= 11 is 69.6. The zero-order valence-corrected chi connectivity index (χ0v) is 25.4. The number of aliphatic hydroxyl groups is 1. The summed E-state index contributed by atoms with van der Waals surface area (Å²) in [5.41, 5.74) is -2.21. The Balaban J connectivity index is 1.41. The summed E-state index contributed by atoms with van der Waals surface area (Å²) < 4.78 is 4.33. The topological polar surface area (TPSA) is 67.5 Å². The Morgan fingerprint density at radius 1 is 0.778 bits per heavy atom. The molecule has 36 heavy (non-hydrogen) atoms. The highest BCUT2D eigenvalue weighted by Gasteiger charge is 3.32. The van der Waals surface area contributed by atoms with Crippen LogP contribution in [0.2, 0.25) is 0 Å². The third-order valence-electron chi connectivity index (χ3n) is 9.00. The summed E-state index contributed by atoms with van der Waals surface area (Å²) in [5.74, 6) is -1.02. The van der Waals surface area contributed by atoms with Gasteiger partial charge in [0.05, 0.1) is 6.61 Å². The number of halogens is 10. The maximum absolute atomic E-state index is 13.4. The van der Waals surface area contributed by atoms with E-state index in [9.17, 15) is 14.7 Å². The molecule has 0 amide bonds. The van der Waals surface area contributed by atoms with Crippen molar-refractivity contribution in [3.63, 3.8) is 0 Å². The van der Waals surface area contributed by atoms with Gasteiger partial charge in [0.25, 0.3) is 0 Å². The molecular weight excluding hydrogens is 685 g/mol. The lowest BCUT2D eigenvalue weighted by atomic mass is 9.41. The molecule has 1 aromatic heterocycles. The number of aromatic nitrogens is 1. The van der Waals surface area contributed by atoms with Crippen molar-refractivity contribution in [1.29, 1.82) is 0 Å². The molecule has 6 saturated carbocycles. The van der Waals surface area contributed by atoms with Crippen LogP contribution >= 0.6 is 116 Å². The van der Waals surface area contributed by atoms with E-state index in [-0.39, 0.29) is 18.7 Å². The predicted octanol–water partition coefficient (Wildman–Crippen LogP) is 4.90. The third kappa shape index (κ3) is 1.75. The molecule has 1 aromatic rings. The molecule has 6 aliphatic rings. The van der Waals surface area contributed by atoms with Gasteiger partial charge in [0.15, 0.2) is 22.5 Å². The van der Waals surface area contributed by atoms with Crippen LogP contribution in [0.5, 0.6) is 0 Å².